The number of nitriles is 2. The number of benzene rings is 7. The Labute approximate surface area is 321 Å². The van der Waals surface area contributed by atoms with Gasteiger partial charge in [-0.15, -0.1) is 0 Å². The second-order valence-corrected chi connectivity index (χ2v) is 13.3. The standard InChI is InChI=1S/C48H24N6O2/c1-51-37-21-29(27-49)19-35(23-37)33-13-17-43-41(25-33)42-26-34(36-20-30(28-50)22-38(24-36)52-2)14-18-44(42)54(43)45-10-6-9-40-46(45)48(56)53(47(40)55)39-15-11-32(12-16-39)31-7-4-3-5-8-31/h3-26H. The summed E-state index contributed by atoms with van der Waals surface area (Å²) in [6, 6.07) is 48.6. The number of carbonyl (C=O) groups is 2. The van der Waals surface area contributed by atoms with Crippen molar-refractivity contribution in [2.24, 2.45) is 0 Å². The number of hydrogen-bond acceptors (Lipinski definition) is 4. The Bertz CT molecular complexity index is 2970. The van der Waals surface area contributed by atoms with Crippen LogP contribution in [0.1, 0.15) is 31.8 Å². The van der Waals surface area contributed by atoms with E-state index in [1.165, 1.54) is 4.90 Å². The lowest BCUT2D eigenvalue weighted by atomic mass is 9.98. The number of aromatic nitrogens is 1. The molecule has 0 spiro atoms. The van der Waals surface area contributed by atoms with Gasteiger partial charge in [0.05, 0.1) is 58.8 Å². The minimum Gasteiger partial charge on any atom is -0.308 e. The molecule has 0 atom stereocenters. The van der Waals surface area contributed by atoms with E-state index in [4.69, 9.17) is 13.1 Å². The first-order valence-electron chi connectivity index (χ1n) is 17.5. The van der Waals surface area contributed by atoms with E-state index in [9.17, 15) is 20.1 Å². The molecule has 0 N–H and O–H groups in total. The third-order valence-corrected chi connectivity index (χ3v) is 10.2. The van der Waals surface area contributed by atoms with Gasteiger partial charge >= 0.3 is 0 Å². The molecule has 8 nitrogen and oxygen atoms in total. The third-order valence-electron chi connectivity index (χ3n) is 10.2. The van der Waals surface area contributed by atoms with Crippen molar-refractivity contribution in [1.82, 2.24) is 4.57 Å². The Morgan fingerprint density at radius 1 is 0.500 bits per heavy atom. The Morgan fingerprint density at radius 3 is 1.57 bits per heavy atom. The van der Waals surface area contributed by atoms with Crippen LogP contribution in [0.4, 0.5) is 17.1 Å². The Morgan fingerprint density at radius 2 is 1.04 bits per heavy atom. The van der Waals surface area contributed by atoms with Crippen molar-refractivity contribution in [3.8, 4) is 51.2 Å². The summed E-state index contributed by atoms with van der Waals surface area (Å²) in [5, 5.41) is 21.0. The van der Waals surface area contributed by atoms with Gasteiger partial charge in [0.15, 0.2) is 11.4 Å². The molecule has 0 unspecified atom stereocenters. The minimum atomic E-state index is -0.434. The number of carbonyl (C=O) groups excluding carboxylic acids is 2. The third kappa shape index (κ3) is 5.36. The highest BCUT2D eigenvalue weighted by molar-refractivity contribution is 6.35. The average Bonchev–Trinajstić information content (AvgIpc) is 3.72. The van der Waals surface area contributed by atoms with Gasteiger partial charge in [0.25, 0.3) is 11.8 Å². The van der Waals surface area contributed by atoms with Gasteiger partial charge in [-0.1, -0.05) is 60.7 Å². The first-order chi connectivity index (χ1) is 27.4. The fourth-order valence-corrected chi connectivity index (χ4v) is 7.58. The summed E-state index contributed by atoms with van der Waals surface area (Å²) >= 11 is 0. The molecule has 0 fully saturated rings. The van der Waals surface area contributed by atoms with Crippen molar-refractivity contribution in [1.29, 1.82) is 10.5 Å². The van der Waals surface area contributed by atoms with Crippen LogP contribution in [-0.2, 0) is 0 Å². The van der Waals surface area contributed by atoms with E-state index in [0.29, 0.717) is 50.6 Å². The summed E-state index contributed by atoms with van der Waals surface area (Å²) in [6.07, 6.45) is 0. The van der Waals surface area contributed by atoms with Crippen LogP contribution in [0, 0.1) is 35.8 Å². The molecule has 8 heteroatoms. The van der Waals surface area contributed by atoms with Gasteiger partial charge in [0, 0.05) is 21.9 Å². The summed E-state index contributed by atoms with van der Waals surface area (Å²) in [5.74, 6) is -0.845. The van der Waals surface area contributed by atoms with E-state index >= 15 is 0 Å². The monoisotopic (exact) mass is 716 g/mol. The zero-order valence-corrected chi connectivity index (χ0v) is 29.4. The lowest BCUT2D eigenvalue weighted by Crippen LogP contribution is -2.29. The van der Waals surface area contributed by atoms with Crippen LogP contribution in [0.15, 0.2) is 146 Å². The Kier molecular flexibility index (Phi) is 7.81. The summed E-state index contributed by atoms with van der Waals surface area (Å²) in [7, 11) is 0. The number of imide groups is 1. The number of rotatable bonds is 5. The fraction of sp³-hybridized carbons (Fsp3) is 0. The largest absolute Gasteiger partial charge is 0.308 e. The number of amides is 2. The molecule has 9 rings (SSSR count). The smallest absolute Gasteiger partial charge is 0.268 e. The van der Waals surface area contributed by atoms with Gasteiger partial charge < -0.3 is 4.57 Å². The normalized spacial score (nSPS) is 11.9. The topological polar surface area (TPSA) is 98.6 Å². The molecule has 2 amide bonds. The van der Waals surface area contributed by atoms with Gasteiger partial charge in [-0.2, -0.15) is 10.5 Å². The van der Waals surface area contributed by atoms with Crippen LogP contribution in [0.25, 0.3) is 70.6 Å². The van der Waals surface area contributed by atoms with E-state index in [-0.39, 0.29) is 5.56 Å². The first-order valence-corrected chi connectivity index (χ1v) is 17.5. The van der Waals surface area contributed by atoms with Gasteiger partial charge in [-0.3, -0.25) is 9.59 Å². The molecule has 0 radical (unpaired) electrons. The van der Waals surface area contributed by atoms with Crippen molar-refractivity contribution in [3.63, 3.8) is 0 Å². The highest BCUT2D eigenvalue weighted by atomic mass is 16.2. The molecule has 1 aromatic heterocycles. The van der Waals surface area contributed by atoms with Crippen molar-refractivity contribution in [3.05, 3.63) is 191 Å². The summed E-state index contributed by atoms with van der Waals surface area (Å²) in [4.78, 5) is 36.9. The zero-order chi connectivity index (χ0) is 38.5. The van der Waals surface area contributed by atoms with Crippen molar-refractivity contribution in [2.45, 2.75) is 0 Å². The number of fused-ring (bicyclic) bond motifs is 4. The second-order valence-electron chi connectivity index (χ2n) is 13.3. The van der Waals surface area contributed by atoms with E-state index in [0.717, 1.165) is 44.1 Å². The number of nitrogens with zero attached hydrogens (tertiary/aromatic N) is 6. The Hall–Kier alpha value is -8.56. The predicted octanol–water partition coefficient (Wildman–Crippen LogP) is 11.4. The molecule has 0 saturated heterocycles. The number of hydrogen-bond donors (Lipinski definition) is 0. The molecule has 258 valence electrons. The van der Waals surface area contributed by atoms with Crippen LogP contribution < -0.4 is 4.90 Å². The second kappa shape index (κ2) is 13.1. The lowest BCUT2D eigenvalue weighted by molar-refractivity contribution is 0.0926. The molecule has 1 aliphatic heterocycles. The van der Waals surface area contributed by atoms with Crippen LogP contribution in [0.3, 0.4) is 0 Å². The van der Waals surface area contributed by atoms with E-state index in [2.05, 4.69) is 21.8 Å². The van der Waals surface area contributed by atoms with Crippen LogP contribution in [0.5, 0.6) is 0 Å². The molecular weight excluding hydrogens is 693 g/mol. The van der Waals surface area contributed by atoms with E-state index < -0.39 is 11.8 Å². The van der Waals surface area contributed by atoms with Gasteiger partial charge in [-0.25, -0.2) is 14.6 Å². The van der Waals surface area contributed by atoms with Crippen LogP contribution >= 0.6 is 0 Å². The summed E-state index contributed by atoms with van der Waals surface area (Å²) in [6.45, 7) is 15.2. The van der Waals surface area contributed by atoms with E-state index in [1.54, 1.807) is 60.7 Å². The van der Waals surface area contributed by atoms with E-state index in [1.807, 2.05) is 89.5 Å². The Balaban J connectivity index is 1.24. The van der Waals surface area contributed by atoms with Gasteiger partial charge in [0.1, 0.15) is 0 Å². The van der Waals surface area contributed by atoms with Crippen molar-refractivity contribution in [2.75, 3.05) is 4.90 Å². The summed E-state index contributed by atoms with van der Waals surface area (Å²) < 4.78 is 1.98. The molecule has 56 heavy (non-hydrogen) atoms. The highest BCUT2D eigenvalue weighted by Crippen LogP contribution is 2.41. The van der Waals surface area contributed by atoms with Crippen LogP contribution in [0.2, 0.25) is 0 Å². The van der Waals surface area contributed by atoms with Gasteiger partial charge in [0.2, 0.25) is 0 Å². The minimum absolute atomic E-state index is 0.281. The molecule has 8 aromatic rings. The molecule has 7 aromatic carbocycles. The molecule has 1 aliphatic rings. The fourth-order valence-electron chi connectivity index (χ4n) is 7.58. The molecule has 0 bridgehead atoms. The number of anilines is 1. The quantitative estimate of drug-likeness (QED) is 0.131. The van der Waals surface area contributed by atoms with Crippen molar-refractivity contribution < 1.29 is 9.59 Å². The highest BCUT2D eigenvalue weighted by Gasteiger charge is 2.39. The molecule has 0 aliphatic carbocycles. The maximum atomic E-state index is 14.5. The zero-order valence-electron chi connectivity index (χ0n) is 29.4. The lowest BCUT2D eigenvalue weighted by Gasteiger charge is -2.15. The SMILES string of the molecule is [C-]#[N+]c1cc(C#N)cc(-c2ccc3c(c2)c2cc(-c4cc(C#N)cc([N+]#[C-])c4)ccc2n3-c2cccc3c2C(=O)N(c2ccc(-c4ccccc4)cc2)C3=O)c1. The van der Waals surface area contributed by atoms with Crippen molar-refractivity contribution >= 4 is 50.7 Å². The maximum absolute atomic E-state index is 14.5. The molecule has 0 saturated carbocycles. The van der Waals surface area contributed by atoms with Gasteiger partial charge in [-0.05, 0) is 118 Å². The maximum Gasteiger partial charge on any atom is 0.268 e. The average molecular weight is 717 g/mol. The predicted molar refractivity (Wildman–Crippen MR) is 217 cm³/mol. The van der Waals surface area contributed by atoms with Crippen LogP contribution in [-0.4, -0.2) is 16.4 Å². The molecule has 2 heterocycles. The summed E-state index contributed by atoms with van der Waals surface area (Å²) in [5.41, 5.74) is 9.47. The molecular formula is C48H24N6O2. The first kappa shape index (κ1) is 33.3.